The molecule has 1 aromatic rings. The lowest BCUT2D eigenvalue weighted by molar-refractivity contribution is -0.402. The second kappa shape index (κ2) is 5.09. The third-order valence-electron chi connectivity index (χ3n) is 2.55. The van der Waals surface area contributed by atoms with E-state index in [9.17, 15) is 19.7 Å². The van der Waals surface area contributed by atoms with E-state index in [2.05, 4.69) is 9.73 Å². The Kier molecular flexibility index (Phi) is 3.50. The number of furan rings is 1. The van der Waals surface area contributed by atoms with Crippen molar-refractivity contribution < 1.29 is 23.7 Å². The van der Waals surface area contributed by atoms with E-state index in [1.54, 1.807) is 0 Å². The fourth-order valence-corrected chi connectivity index (χ4v) is 1.35. The Hall–Kier alpha value is -2.38. The standard InChI is InChI=1S/C11H12N2O6/c1-6(10(14)12-7-2-3-7)18-11(15)8-4-5-9(19-8)13(16)17/h4-7H,2-3H2,1H3,(H,12,14)/t6-/m1/s1. The molecule has 0 spiro atoms. The lowest BCUT2D eigenvalue weighted by atomic mass is 10.3. The molecule has 0 bridgehead atoms. The van der Waals surface area contributed by atoms with E-state index < -0.39 is 28.8 Å². The Morgan fingerprint density at radius 1 is 1.53 bits per heavy atom. The summed E-state index contributed by atoms with van der Waals surface area (Å²) in [7, 11) is 0. The molecular formula is C11H12N2O6. The Morgan fingerprint density at radius 2 is 2.21 bits per heavy atom. The van der Waals surface area contributed by atoms with E-state index in [1.165, 1.54) is 6.92 Å². The largest absolute Gasteiger partial charge is 0.447 e. The first-order valence-corrected chi connectivity index (χ1v) is 5.73. The summed E-state index contributed by atoms with van der Waals surface area (Å²) in [6.45, 7) is 1.42. The maximum atomic E-state index is 11.6. The van der Waals surface area contributed by atoms with Gasteiger partial charge in [0.15, 0.2) is 6.10 Å². The average molecular weight is 268 g/mol. The van der Waals surface area contributed by atoms with Crippen molar-refractivity contribution in [3.63, 3.8) is 0 Å². The number of nitro groups is 1. The number of hydrogen-bond donors (Lipinski definition) is 1. The Balaban J connectivity index is 1.91. The normalized spacial score (nSPS) is 15.6. The molecule has 1 saturated carbocycles. The Bertz CT molecular complexity index is 519. The summed E-state index contributed by atoms with van der Waals surface area (Å²) in [6, 6.07) is 2.34. The van der Waals surface area contributed by atoms with Gasteiger partial charge >= 0.3 is 11.9 Å². The van der Waals surface area contributed by atoms with Crippen molar-refractivity contribution in [3.8, 4) is 0 Å². The van der Waals surface area contributed by atoms with Crippen molar-refractivity contribution >= 4 is 17.8 Å². The Labute approximate surface area is 107 Å². The number of ether oxygens (including phenoxy) is 1. The fraction of sp³-hybridized carbons (Fsp3) is 0.455. The van der Waals surface area contributed by atoms with Crippen LogP contribution in [0.1, 0.15) is 30.3 Å². The second-order valence-electron chi connectivity index (χ2n) is 4.23. The van der Waals surface area contributed by atoms with E-state index in [1.807, 2.05) is 0 Å². The van der Waals surface area contributed by atoms with Gasteiger partial charge in [0.1, 0.15) is 4.92 Å². The molecule has 1 amide bonds. The van der Waals surface area contributed by atoms with Gasteiger partial charge in [-0.1, -0.05) is 0 Å². The summed E-state index contributed by atoms with van der Waals surface area (Å²) in [4.78, 5) is 32.8. The van der Waals surface area contributed by atoms with Crippen LogP contribution in [0, 0.1) is 10.1 Å². The number of esters is 1. The SMILES string of the molecule is C[C@@H](OC(=O)c1ccc([N+](=O)[O-])o1)C(=O)NC1CC1. The van der Waals surface area contributed by atoms with E-state index >= 15 is 0 Å². The quantitative estimate of drug-likeness (QED) is 0.484. The van der Waals surface area contributed by atoms with Gasteiger partial charge in [0.2, 0.25) is 5.76 Å². The first kappa shape index (κ1) is 13.1. The zero-order chi connectivity index (χ0) is 14.0. The number of rotatable bonds is 5. The molecule has 2 rings (SSSR count). The summed E-state index contributed by atoms with van der Waals surface area (Å²) in [5.74, 6) is -2.16. The van der Waals surface area contributed by atoms with Gasteiger partial charge in [-0.15, -0.1) is 0 Å². The second-order valence-corrected chi connectivity index (χ2v) is 4.23. The summed E-state index contributed by atoms with van der Waals surface area (Å²) in [5.41, 5.74) is 0. The summed E-state index contributed by atoms with van der Waals surface area (Å²) in [5, 5.41) is 13.1. The summed E-state index contributed by atoms with van der Waals surface area (Å²) in [6.07, 6.45) is 0.880. The monoisotopic (exact) mass is 268 g/mol. The van der Waals surface area contributed by atoms with Gasteiger partial charge < -0.3 is 14.5 Å². The number of carbonyl (C=O) groups is 2. The number of nitrogens with zero attached hydrogens (tertiary/aromatic N) is 1. The predicted octanol–water partition coefficient (Wildman–Crippen LogP) is 1.01. The molecule has 0 radical (unpaired) electrons. The van der Waals surface area contributed by atoms with E-state index in [4.69, 9.17) is 4.74 Å². The van der Waals surface area contributed by atoms with Crippen LogP contribution >= 0.6 is 0 Å². The van der Waals surface area contributed by atoms with Crippen molar-refractivity contribution in [1.29, 1.82) is 0 Å². The number of nitrogens with one attached hydrogen (secondary N) is 1. The minimum atomic E-state index is -0.975. The molecule has 1 heterocycles. The first-order chi connectivity index (χ1) is 8.97. The van der Waals surface area contributed by atoms with Gasteiger partial charge in [-0.05, 0) is 25.8 Å². The van der Waals surface area contributed by atoms with E-state index in [-0.39, 0.29) is 11.8 Å². The van der Waals surface area contributed by atoms with Gasteiger partial charge in [-0.2, -0.15) is 0 Å². The molecule has 8 heteroatoms. The zero-order valence-electron chi connectivity index (χ0n) is 10.1. The molecular weight excluding hydrogens is 256 g/mol. The number of carbonyl (C=O) groups excluding carboxylic acids is 2. The lowest BCUT2D eigenvalue weighted by Gasteiger charge is -2.11. The lowest BCUT2D eigenvalue weighted by Crippen LogP contribution is -2.37. The highest BCUT2D eigenvalue weighted by molar-refractivity contribution is 5.90. The minimum Gasteiger partial charge on any atom is -0.447 e. The fourth-order valence-electron chi connectivity index (χ4n) is 1.35. The highest BCUT2D eigenvalue weighted by Gasteiger charge is 2.28. The minimum absolute atomic E-state index is 0.165. The van der Waals surface area contributed by atoms with Crippen LogP contribution in [0.15, 0.2) is 16.5 Å². The maximum Gasteiger partial charge on any atom is 0.433 e. The molecule has 19 heavy (non-hydrogen) atoms. The maximum absolute atomic E-state index is 11.6. The molecule has 1 aliphatic rings. The van der Waals surface area contributed by atoms with Crippen molar-refractivity contribution in [2.45, 2.75) is 31.9 Å². The van der Waals surface area contributed by atoms with Gasteiger partial charge in [-0.3, -0.25) is 14.9 Å². The summed E-state index contributed by atoms with van der Waals surface area (Å²) < 4.78 is 9.53. The topological polar surface area (TPSA) is 112 Å². The number of amides is 1. The van der Waals surface area contributed by atoms with Crippen LogP contribution in [-0.2, 0) is 9.53 Å². The highest BCUT2D eigenvalue weighted by atomic mass is 16.7. The zero-order valence-corrected chi connectivity index (χ0v) is 10.1. The van der Waals surface area contributed by atoms with Gasteiger partial charge in [0, 0.05) is 6.04 Å². The van der Waals surface area contributed by atoms with Gasteiger partial charge in [0.25, 0.3) is 5.91 Å². The van der Waals surface area contributed by atoms with E-state index in [0.29, 0.717) is 0 Å². The van der Waals surface area contributed by atoms with Crippen LogP contribution in [-0.4, -0.2) is 28.9 Å². The third-order valence-corrected chi connectivity index (χ3v) is 2.55. The van der Waals surface area contributed by atoms with Gasteiger partial charge in [0.05, 0.1) is 6.07 Å². The van der Waals surface area contributed by atoms with Crippen LogP contribution < -0.4 is 5.32 Å². The molecule has 1 aromatic heterocycles. The van der Waals surface area contributed by atoms with E-state index in [0.717, 1.165) is 25.0 Å². The molecule has 0 aliphatic heterocycles. The van der Waals surface area contributed by atoms with Crippen LogP contribution in [0.4, 0.5) is 5.88 Å². The van der Waals surface area contributed by atoms with Crippen molar-refractivity contribution in [1.82, 2.24) is 5.32 Å². The molecule has 1 fully saturated rings. The van der Waals surface area contributed by atoms with Crippen LogP contribution in [0.3, 0.4) is 0 Å². The highest BCUT2D eigenvalue weighted by Crippen LogP contribution is 2.19. The van der Waals surface area contributed by atoms with Crippen LogP contribution in [0.25, 0.3) is 0 Å². The predicted molar refractivity (Wildman–Crippen MR) is 61.4 cm³/mol. The van der Waals surface area contributed by atoms with Crippen molar-refractivity contribution in [2.24, 2.45) is 0 Å². The molecule has 1 N–H and O–H groups in total. The van der Waals surface area contributed by atoms with Gasteiger partial charge in [-0.25, -0.2) is 4.79 Å². The van der Waals surface area contributed by atoms with Crippen LogP contribution in [0.5, 0.6) is 0 Å². The molecule has 0 saturated heterocycles. The molecule has 0 unspecified atom stereocenters. The summed E-state index contributed by atoms with van der Waals surface area (Å²) >= 11 is 0. The van der Waals surface area contributed by atoms with Crippen molar-refractivity contribution in [2.75, 3.05) is 0 Å². The molecule has 1 atom stereocenters. The van der Waals surface area contributed by atoms with Crippen LogP contribution in [0.2, 0.25) is 0 Å². The molecule has 8 nitrogen and oxygen atoms in total. The first-order valence-electron chi connectivity index (χ1n) is 5.73. The molecule has 0 aromatic carbocycles. The third kappa shape index (κ3) is 3.30. The number of hydrogen-bond acceptors (Lipinski definition) is 6. The van der Waals surface area contributed by atoms with Crippen molar-refractivity contribution in [3.05, 3.63) is 28.0 Å². The molecule has 1 aliphatic carbocycles. The Morgan fingerprint density at radius 3 is 2.74 bits per heavy atom. The molecule has 102 valence electrons. The average Bonchev–Trinajstić information content (AvgIpc) is 3.01. The smallest absolute Gasteiger partial charge is 0.433 e.